The first-order chi connectivity index (χ1) is 16.7. The van der Waals surface area contributed by atoms with Gasteiger partial charge in [-0.2, -0.15) is 5.10 Å². The van der Waals surface area contributed by atoms with Crippen LogP contribution in [-0.2, 0) is 16.6 Å². The van der Waals surface area contributed by atoms with Gasteiger partial charge in [0, 0.05) is 11.1 Å². The number of benzene rings is 3. The molecule has 0 saturated heterocycles. The van der Waals surface area contributed by atoms with Gasteiger partial charge in [-0.05, 0) is 48.7 Å². The molecule has 0 aliphatic rings. The molecule has 1 aromatic heterocycles. The fourth-order valence-electron chi connectivity index (χ4n) is 3.74. The number of rotatable bonds is 7. The standard InChI is InChI=1S/C26H23F2N3O3S/c1-17-7-6-8-18(2)22(17)16-31-24(26(32)30-35(33,34)21-9-4-3-5-10-21)15-23(29-31)19-11-13-20(14-12-19)25(27)28/h3-15,25H,16H2,1-2H3,(H,30,32). The highest BCUT2D eigenvalue weighted by molar-refractivity contribution is 7.90. The van der Waals surface area contributed by atoms with Crippen molar-refractivity contribution in [3.05, 3.63) is 107 Å². The Morgan fingerprint density at radius 2 is 1.57 bits per heavy atom. The Labute approximate surface area is 202 Å². The SMILES string of the molecule is Cc1cccc(C)c1Cn1nc(-c2ccc(C(F)F)cc2)cc1C(=O)NS(=O)(=O)c1ccccc1. The van der Waals surface area contributed by atoms with Crippen molar-refractivity contribution in [2.45, 2.75) is 31.7 Å². The van der Waals surface area contributed by atoms with Crippen molar-refractivity contribution >= 4 is 15.9 Å². The van der Waals surface area contributed by atoms with Crippen molar-refractivity contribution in [1.29, 1.82) is 0 Å². The molecule has 0 fully saturated rings. The molecule has 3 aromatic carbocycles. The average molecular weight is 496 g/mol. The molecule has 0 spiro atoms. The van der Waals surface area contributed by atoms with E-state index in [1.54, 1.807) is 18.2 Å². The molecule has 0 radical (unpaired) electrons. The topological polar surface area (TPSA) is 81.1 Å². The van der Waals surface area contributed by atoms with Crippen LogP contribution in [0.25, 0.3) is 11.3 Å². The second kappa shape index (κ2) is 9.79. The second-order valence-electron chi connectivity index (χ2n) is 8.11. The number of hydrogen-bond donors (Lipinski definition) is 1. The van der Waals surface area contributed by atoms with E-state index in [2.05, 4.69) is 9.82 Å². The predicted octanol–water partition coefficient (Wildman–Crippen LogP) is 5.27. The van der Waals surface area contributed by atoms with E-state index < -0.39 is 22.4 Å². The maximum Gasteiger partial charge on any atom is 0.283 e. The van der Waals surface area contributed by atoms with Crippen LogP contribution in [0.1, 0.15) is 39.2 Å². The number of nitrogens with one attached hydrogen (secondary N) is 1. The van der Waals surface area contributed by atoms with E-state index in [1.807, 2.05) is 32.0 Å². The summed E-state index contributed by atoms with van der Waals surface area (Å²) in [5.41, 5.74) is 3.71. The van der Waals surface area contributed by atoms with E-state index in [-0.39, 0.29) is 22.7 Å². The first-order valence-electron chi connectivity index (χ1n) is 10.8. The number of aromatic nitrogens is 2. The van der Waals surface area contributed by atoms with Crippen LogP contribution in [0.5, 0.6) is 0 Å². The number of aryl methyl sites for hydroxylation is 2. The van der Waals surface area contributed by atoms with Crippen LogP contribution in [0.15, 0.2) is 83.8 Å². The Morgan fingerprint density at radius 3 is 2.17 bits per heavy atom. The van der Waals surface area contributed by atoms with Crippen molar-refractivity contribution in [3.63, 3.8) is 0 Å². The van der Waals surface area contributed by atoms with Crippen molar-refractivity contribution in [2.24, 2.45) is 0 Å². The second-order valence-corrected chi connectivity index (χ2v) is 9.80. The zero-order valence-corrected chi connectivity index (χ0v) is 19.9. The molecule has 0 aliphatic carbocycles. The van der Waals surface area contributed by atoms with E-state index in [4.69, 9.17) is 0 Å². The van der Waals surface area contributed by atoms with E-state index in [0.29, 0.717) is 11.3 Å². The number of carbonyl (C=O) groups is 1. The molecule has 1 heterocycles. The molecule has 0 saturated carbocycles. The zero-order valence-electron chi connectivity index (χ0n) is 19.1. The van der Waals surface area contributed by atoms with Gasteiger partial charge < -0.3 is 0 Å². The molecule has 0 aliphatic heterocycles. The highest BCUT2D eigenvalue weighted by Gasteiger charge is 2.23. The molecule has 180 valence electrons. The van der Waals surface area contributed by atoms with Crippen LogP contribution in [0.2, 0.25) is 0 Å². The Hall–Kier alpha value is -3.85. The Bertz CT molecular complexity index is 1450. The summed E-state index contributed by atoms with van der Waals surface area (Å²) in [6.45, 7) is 4.10. The van der Waals surface area contributed by atoms with Gasteiger partial charge in [-0.3, -0.25) is 9.48 Å². The minimum atomic E-state index is -4.11. The van der Waals surface area contributed by atoms with Crippen molar-refractivity contribution in [3.8, 4) is 11.3 Å². The maximum absolute atomic E-state index is 13.2. The van der Waals surface area contributed by atoms with Gasteiger partial charge >= 0.3 is 0 Å². The number of halogens is 2. The van der Waals surface area contributed by atoms with Gasteiger partial charge in [-0.25, -0.2) is 21.9 Å². The van der Waals surface area contributed by atoms with Crippen LogP contribution < -0.4 is 4.72 Å². The third kappa shape index (κ3) is 5.30. The van der Waals surface area contributed by atoms with Gasteiger partial charge in [-0.15, -0.1) is 0 Å². The average Bonchev–Trinajstić information content (AvgIpc) is 3.26. The monoisotopic (exact) mass is 495 g/mol. The lowest BCUT2D eigenvalue weighted by Crippen LogP contribution is -2.32. The van der Waals surface area contributed by atoms with Crippen LogP contribution >= 0.6 is 0 Å². The van der Waals surface area contributed by atoms with Crippen LogP contribution in [0.4, 0.5) is 8.78 Å². The summed E-state index contributed by atoms with van der Waals surface area (Å²) in [7, 11) is -4.11. The van der Waals surface area contributed by atoms with Crippen molar-refractivity contribution in [1.82, 2.24) is 14.5 Å². The first-order valence-corrected chi connectivity index (χ1v) is 12.3. The zero-order chi connectivity index (χ0) is 25.2. The lowest BCUT2D eigenvalue weighted by Gasteiger charge is -2.13. The minimum Gasteiger partial charge on any atom is -0.266 e. The van der Waals surface area contributed by atoms with Gasteiger partial charge in [-0.1, -0.05) is 60.7 Å². The Balaban J connectivity index is 1.74. The summed E-state index contributed by atoms with van der Waals surface area (Å²) in [5.74, 6) is -0.844. The summed E-state index contributed by atoms with van der Waals surface area (Å²) < 4.78 is 54.9. The van der Waals surface area contributed by atoms with Crippen LogP contribution in [0.3, 0.4) is 0 Å². The predicted molar refractivity (Wildman–Crippen MR) is 129 cm³/mol. The molecule has 35 heavy (non-hydrogen) atoms. The van der Waals surface area contributed by atoms with E-state index in [1.165, 1.54) is 47.1 Å². The molecular weight excluding hydrogens is 472 g/mol. The van der Waals surface area contributed by atoms with E-state index in [9.17, 15) is 22.0 Å². The molecule has 1 N–H and O–H groups in total. The summed E-state index contributed by atoms with van der Waals surface area (Å²) in [6.07, 6.45) is -2.60. The molecular formula is C26H23F2N3O3S. The van der Waals surface area contributed by atoms with Gasteiger partial charge in [0.05, 0.1) is 17.1 Å². The van der Waals surface area contributed by atoms with Crippen LogP contribution in [0, 0.1) is 13.8 Å². The van der Waals surface area contributed by atoms with Crippen LogP contribution in [-0.4, -0.2) is 24.1 Å². The fourth-order valence-corrected chi connectivity index (χ4v) is 4.72. The lowest BCUT2D eigenvalue weighted by atomic mass is 10.0. The van der Waals surface area contributed by atoms with E-state index in [0.717, 1.165) is 16.7 Å². The molecule has 0 atom stereocenters. The smallest absolute Gasteiger partial charge is 0.266 e. The molecule has 9 heteroatoms. The molecule has 6 nitrogen and oxygen atoms in total. The summed E-state index contributed by atoms with van der Waals surface area (Å²) in [5, 5.41) is 4.53. The van der Waals surface area contributed by atoms with Gasteiger partial charge in [0.25, 0.3) is 22.4 Å². The maximum atomic E-state index is 13.2. The van der Waals surface area contributed by atoms with Gasteiger partial charge in [0.15, 0.2) is 0 Å². The number of nitrogens with zero attached hydrogens (tertiary/aromatic N) is 2. The molecule has 4 aromatic rings. The van der Waals surface area contributed by atoms with Crippen molar-refractivity contribution in [2.75, 3.05) is 0 Å². The fraction of sp³-hybridized carbons (Fsp3) is 0.154. The summed E-state index contributed by atoms with van der Waals surface area (Å²) in [4.78, 5) is 13.1. The van der Waals surface area contributed by atoms with Gasteiger partial charge in [0.1, 0.15) is 5.69 Å². The van der Waals surface area contributed by atoms with Gasteiger partial charge in [0.2, 0.25) is 0 Å². The number of amides is 1. The quantitative estimate of drug-likeness (QED) is 0.379. The molecule has 0 unspecified atom stereocenters. The minimum absolute atomic E-state index is 0.0279. The van der Waals surface area contributed by atoms with Crippen molar-refractivity contribution < 1.29 is 22.0 Å². The molecule has 0 bridgehead atoms. The highest BCUT2D eigenvalue weighted by Crippen LogP contribution is 2.25. The molecule has 1 amide bonds. The first kappa shape index (κ1) is 24.3. The number of sulfonamides is 1. The normalized spacial score (nSPS) is 11.6. The largest absolute Gasteiger partial charge is 0.283 e. The number of hydrogen-bond acceptors (Lipinski definition) is 4. The third-order valence-electron chi connectivity index (χ3n) is 5.70. The number of carbonyl (C=O) groups excluding carboxylic acids is 1. The third-order valence-corrected chi connectivity index (χ3v) is 7.05. The number of alkyl halides is 2. The Kier molecular flexibility index (Phi) is 6.79. The molecule has 4 rings (SSSR count). The highest BCUT2D eigenvalue weighted by atomic mass is 32.2. The van der Waals surface area contributed by atoms with E-state index >= 15 is 0 Å². The lowest BCUT2D eigenvalue weighted by molar-refractivity contribution is 0.0971. The summed E-state index contributed by atoms with van der Waals surface area (Å²) in [6, 6.07) is 20.4. The Morgan fingerprint density at radius 1 is 0.943 bits per heavy atom. The summed E-state index contributed by atoms with van der Waals surface area (Å²) >= 11 is 0.